The van der Waals surface area contributed by atoms with E-state index in [2.05, 4.69) is 10.4 Å². The van der Waals surface area contributed by atoms with Crippen molar-refractivity contribution in [2.24, 2.45) is 0 Å². The molecule has 3 rings (SSSR count). The molecule has 1 saturated heterocycles. The molecule has 0 aliphatic carbocycles. The molecular weight excluding hydrogens is 334 g/mol. The number of tetrazole rings is 1. The summed E-state index contributed by atoms with van der Waals surface area (Å²) in [6, 6.07) is 9.69. The van der Waals surface area contributed by atoms with Gasteiger partial charge in [0.2, 0.25) is 4.77 Å². The Labute approximate surface area is 143 Å². The highest BCUT2D eigenvalue weighted by atomic mass is 32.2. The van der Waals surface area contributed by atoms with Crippen LogP contribution in [-0.2, 0) is 16.2 Å². The van der Waals surface area contributed by atoms with E-state index in [0.29, 0.717) is 18.0 Å². The predicted molar refractivity (Wildman–Crippen MR) is 89.1 cm³/mol. The van der Waals surface area contributed by atoms with Crippen LogP contribution in [0.5, 0.6) is 0 Å². The third-order valence-electron chi connectivity index (χ3n) is 3.73. The first-order valence-corrected chi connectivity index (χ1v) is 8.76. The Kier molecular flexibility index (Phi) is 5.09. The molecule has 0 saturated carbocycles. The quantitative estimate of drug-likeness (QED) is 0.614. The zero-order valence-electron chi connectivity index (χ0n) is 12.7. The summed E-state index contributed by atoms with van der Waals surface area (Å²) in [6.45, 7) is 2.26. The van der Waals surface area contributed by atoms with E-state index in [0.717, 1.165) is 18.0 Å². The van der Waals surface area contributed by atoms with Gasteiger partial charge in [-0.25, -0.2) is 0 Å². The van der Waals surface area contributed by atoms with E-state index >= 15 is 0 Å². The Morgan fingerprint density at radius 1 is 1.43 bits per heavy atom. The molecule has 1 aliphatic rings. The highest BCUT2D eigenvalue weighted by Crippen LogP contribution is 2.12. The van der Waals surface area contributed by atoms with E-state index in [-0.39, 0.29) is 11.2 Å². The zero-order chi connectivity index (χ0) is 16.2. The Hall–Kier alpha value is -1.71. The molecule has 1 aromatic heterocycles. The van der Waals surface area contributed by atoms with Crippen LogP contribution in [-0.4, -0.2) is 57.0 Å². The molecule has 1 fully saturated rings. The molecule has 2 atom stereocenters. The van der Waals surface area contributed by atoms with Gasteiger partial charge in [-0.05, 0) is 34.8 Å². The molecule has 1 aromatic carbocycles. The van der Waals surface area contributed by atoms with Gasteiger partial charge in [0, 0.05) is 5.75 Å². The fraction of sp³-hybridized carbons (Fsp3) is 0.429. The zero-order valence-corrected chi connectivity index (χ0v) is 14.3. The highest BCUT2D eigenvalue weighted by Gasteiger charge is 2.30. The SMILES string of the molecule is COC(=O)[C@@H]1C[NH+](Cn2nnn(-c3ccccc3)c2=S)CCS1. The van der Waals surface area contributed by atoms with Crippen molar-refractivity contribution in [3.63, 3.8) is 0 Å². The number of carbonyl (C=O) groups excluding carboxylic acids is 1. The lowest BCUT2D eigenvalue weighted by molar-refractivity contribution is -0.921. The van der Waals surface area contributed by atoms with E-state index in [1.165, 1.54) is 12.0 Å². The second kappa shape index (κ2) is 7.24. The number of thioether (sulfide) groups is 1. The van der Waals surface area contributed by atoms with Crippen LogP contribution >= 0.6 is 24.0 Å². The van der Waals surface area contributed by atoms with Gasteiger partial charge in [0.25, 0.3) is 0 Å². The molecule has 1 unspecified atom stereocenters. The summed E-state index contributed by atoms with van der Waals surface area (Å²) >= 11 is 7.11. The van der Waals surface area contributed by atoms with E-state index in [9.17, 15) is 4.79 Å². The molecule has 0 bridgehead atoms. The minimum atomic E-state index is -0.163. The standard InChI is InChI=1S/C14H17N5O2S2/c1-21-13(20)12-9-17(7-8-23-12)10-18-14(22)19(16-15-18)11-5-3-2-4-6-11/h2-6,12H,7-10H2,1H3/p+1/t12-/m0/s1. The van der Waals surface area contributed by atoms with Crippen LogP contribution in [0.2, 0.25) is 0 Å². The maximum atomic E-state index is 11.7. The normalized spacial score (nSPS) is 21.1. The van der Waals surface area contributed by atoms with Crippen molar-refractivity contribution in [2.45, 2.75) is 11.9 Å². The first-order chi connectivity index (χ1) is 11.2. The fourth-order valence-corrected chi connectivity index (χ4v) is 4.03. The van der Waals surface area contributed by atoms with Crippen molar-refractivity contribution in [3.05, 3.63) is 35.1 Å². The minimum Gasteiger partial charge on any atom is -0.468 e. The highest BCUT2D eigenvalue weighted by molar-refractivity contribution is 8.00. The molecule has 1 N–H and O–H groups in total. The summed E-state index contributed by atoms with van der Waals surface area (Å²) in [6.07, 6.45) is 0. The van der Waals surface area contributed by atoms with Crippen molar-refractivity contribution in [3.8, 4) is 5.69 Å². The summed E-state index contributed by atoms with van der Waals surface area (Å²) in [5.41, 5.74) is 0.889. The predicted octanol–water partition coefficient (Wildman–Crippen LogP) is -0.0709. The lowest BCUT2D eigenvalue weighted by Crippen LogP contribution is -3.14. The lowest BCUT2D eigenvalue weighted by atomic mass is 10.3. The monoisotopic (exact) mass is 352 g/mol. The van der Waals surface area contributed by atoms with E-state index in [1.54, 1.807) is 21.1 Å². The fourth-order valence-electron chi connectivity index (χ4n) is 2.51. The minimum absolute atomic E-state index is 0.123. The number of hydrogen-bond donors (Lipinski definition) is 1. The van der Waals surface area contributed by atoms with E-state index < -0.39 is 0 Å². The van der Waals surface area contributed by atoms with Crippen LogP contribution in [0.15, 0.2) is 30.3 Å². The van der Waals surface area contributed by atoms with Crippen molar-refractivity contribution in [2.75, 3.05) is 26.0 Å². The van der Waals surface area contributed by atoms with Gasteiger partial charge in [0.05, 0.1) is 19.3 Å². The van der Waals surface area contributed by atoms with Gasteiger partial charge >= 0.3 is 5.97 Å². The van der Waals surface area contributed by atoms with Gasteiger partial charge in [0.1, 0.15) is 6.54 Å². The number of methoxy groups -OCH3 is 1. The van der Waals surface area contributed by atoms with Crippen LogP contribution < -0.4 is 4.90 Å². The van der Waals surface area contributed by atoms with Crippen molar-refractivity contribution in [1.29, 1.82) is 0 Å². The number of carbonyl (C=O) groups is 1. The molecule has 0 amide bonds. The van der Waals surface area contributed by atoms with Gasteiger partial charge in [-0.3, -0.25) is 4.79 Å². The number of ether oxygens (including phenoxy) is 1. The molecule has 7 nitrogen and oxygen atoms in total. The van der Waals surface area contributed by atoms with Gasteiger partial charge in [0.15, 0.2) is 11.9 Å². The van der Waals surface area contributed by atoms with Crippen LogP contribution in [0, 0.1) is 4.77 Å². The largest absolute Gasteiger partial charge is 0.468 e. The number of para-hydroxylation sites is 1. The average Bonchev–Trinajstić information content (AvgIpc) is 2.96. The van der Waals surface area contributed by atoms with Crippen molar-refractivity contribution < 1.29 is 14.4 Å². The Morgan fingerprint density at radius 3 is 2.96 bits per heavy atom. The molecule has 1 aliphatic heterocycles. The van der Waals surface area contributed by atoms with Crippen molar-refractivity contribution >= 4 is 29.9 Å². The van der Waals surface area contributed by atoms with E-state index in [1.807, 2.05) is 30.3 Å². The van der Waals surface area contributed by atoms with Gasteiger partial charge in [-0.2, -0.15) is 9.36 Å². The third kappa shape index (κ3) is 3.62. The molecular formula is C14H18N5O2S2+. The molecule has 2 aromatic rings. The van der Waals surface area contributed by atoms with Gasteiger partial charge in [-0.15, -0.1) is 11.8 Å². The molecule has 23 heavy (non-hydrogen) atoms. The molecule has 122 valence electrons. The van der Waals surface area contributed by atoms with Crippen LogP contribution in [0.4, 0.5) is 0 Å². The maximum absolute atomic E-state index is 11.7. The summed E-state index contributed by atoms with van der Waals surface area (Å²) in [5, 5.41) is 8.17. The van der Waals surface area contributed by atoms with Crippen LogP contribution in [0.25, 0.3) is 5.69 Å². The third-order valence-corrected chi connectivity index (χ3v) is 5.31. The molecule has 9 heteroatoms. The number of hydrogen-bond acceptors (Lipinski definition) is 6. The summed E-state index contributed by atoms with van der Waals surface area (Å²) in [4.78, 5) is 13.0. The summed E-state index contributed by atoms with van der Waals surface area (Å²) in [5.74, 6) is 0.749. The summed E-state index contributed by atoms with van der Waals surface area (Å²) in [7, 11) is 1.43. The number of quaternary nitrogens is 1. The number of benzene rings is 1. The number of nitrogens with one attached hydrogen (secondary N) is 1. The van der Waals surface area contributed by atoms with Gasteiger partial charge < -0.3 is 9.64 Å². The second-order valence-electron chi connectivity index (χ2n) is 5.25. The van der Waals surface area contributed by atoms with Crippen LogP contribution in [0.3, 0.4) is 0 Å². The molecule has 0 radical (unpaired) electrons. The molecule has 2 heterocycles. The number of rotatable bonds is 4. The van der Waals surface area contributed by atoms with Gasteiger partial charge in [-0.1, -0.05) is 18.2 Å². The number of aromatic nitrogens is 4. The molecule has 0 spiro atoms. The van der Waals surface area contributed by atoms with Crippen molar-refractivity contribution in [1.82, 2.24) is 19.8 Å². The maximum Gasteiger partial charge on any atom is 0.324 e. The Morgan fingerprint density at radius 2 is 2.22 bits per heavy atom. The summed E-state index contributed by atoms with van der Waals surface area (Å²) < 4.78 is 8.75. The average molecular weight is 352 g/mol. The number of nitrogens with zero attached hydrogens (tertiary/aromatic N) is 4. The first kappa shape index (κ1) is 16.2. The van der Waals surface area contributed by atoms with E-state index in [4.69, 9.17) is 17.0 Å². The Bertz CT molecular complexity index is 730. The topological polar surface area (TPSA) is 66.4 Å². The second-order valence-corrected chi connectivity index (χ2v) is 6.93. The first-order valence-electron chi connectivity index (χ1n) is 7.30. The Balaban J connectivity index is 1.73. The smallest absolute Gasteiger partial charge is 0.324 e. The van der Waals surface area contributed by atoms with Crippen LogP contribution in [0.1, 0.15) is 0 Å². The lowest BCUT2D eigenvalue weighted by Gasteiger charge is -2.27. The number of esters is 1.